The summed E-state index contributed by atoms with van der Waals surface area (Å²) in [5.74, 6) is -1.47. The van der Waals surface area contributed by atoms with Crippen molar-refractivity contribution in [2.75, 3.05) is 4.72 Å². The van der Waals surface area contributed by atoms with Crippen LogP contribution < -0.4 is 4.72 Å². The molecule has 3 rings (SSSR count). The summed E-state index contributed by atoms with van der Waals surface area (Å²) in [5, 5.41) is 0.443. The number of nitrogens with zero attached hydrogens (tertiary/aromatic N) is 2. The summed E-state index contributed by atoms with van der Waals surface area (Å²) in [6.07, 6.45) is 3.07. The summed E-state index contributed by atoms with van der Waals surface area (Å²) in [6.45, 7) is 4.61. The molecule has 0 bridgehead atoms. The van der Waals surface area contributed by atoms with Gasteiger partial charge in [0, 0.05) is 30.4 Å². The van der Waals surface area contributed by atoms with Gasteiger partial charge in [-0.15, -0.1) is 0 Å². The van der Waals surface area contributed by atoms with Crippen LogP contribution in [-0.4, -0.2) is 18.0 Å². The molecule has 0 unspecified atom stereocenters. The van der Waals surface area contributed by atoms with Gasteiger partial charge in [0.25, 0.3) is 10.0 Å². The molecule has 8 heteroatoms. The van der Waals surface area contributed by atoms with E-state index in [1.807, 2.05) is 13.8 Å². The van der Waals surface area contributed by atoms with Gasteiger partial charge in [-0.1, -0.05) is 13.8 Å². The van der Waals surface area contributed by atoms with Gasteiger partial charge in [0.2, 0.25) is 0 Å². The maximum absolute atomic E-state index is 13.8. The molecule has 0 saturated carbocycles. The normalized spacial score (nSPS) is 12.0. The first-order chi connectivity index (χ1) is 11.8. The molecule has 0 amide bonds. The van der Waals surface area contributed by atoms with E-state index in [1.165, 1.54) is 6.20 Å². The zero-order chi connectivity index (χ0) is 18.2. The molecule has 5 nitrogen and oxygen atoms in total. The Labute approximate surface area is 144 Å². The standard InChI is InChI=1S/C17H17F2N3O2S/c1-11(2)9-22-10-16(13-4-3-7-20-17(13)22)25(23,24)21-15-6-5-12(18)8-14(15)19/h3-8,10-11,21H,9H2,1-2H3. The van der Waals surface area contributed by atoms with E-state index in [0.29, 0.717) is 23.6 Å². The molecule has 2 aromatic heterocycles. The van der Waals surface area contributed by atoms with E-state index in [9.17, 15) is 17.2 Å². The van der Waals surface area contributed by atoms with Crippen molar-refractivity contribution >= 4 is 26.7 Å². The number of nitrogens with one attached hydrogen (secondary N) is 1. The highest BCUT2D eigenvalue weighted by Gasteiger charge is 2.23. The monoisotopic (exact) mass is 365 g/mol. The molecule has 132 valence electrons. The van der Waals surface area contributed by atoms with Gasteiger partial charge in [0.15, 0.2) is 0 Å². The second kappa shape index (κ2) is 6.44. The van der Waals surface area contributed by atoms with Crippen LogP contribution in [0.4, 0.5) is 14.5 Å². The Balaban J connectivity index is 2.08. The summed E-state index contributed by atoms with van der Waals surface area (Å²) in [4.78, 5) is 4.25. The van der Waals surface area contributed by atoms with Crippen LogP contribution in [0.1, 0.15) is 13.8 Å². The second-order valence-corrected chi connectivity index (χ2v) is 7.79. The van der Waals surface area contributed by atoms with Crippen molar-refractivity contribution in [1.82, 2.24) is 9.55 Å². The third-order valence-electron chi connectivity index (χ3n) is 3.62. The van der Waals surface area contributed by atoms with Gasteiger partial charge in [0.1, 0.15) is 22.2 Å². The minimum atomic E-state index is -4.06. The highest BCUT2D eigenvalue weighted by atomic mass is 32.2. The molecule has 0 aliphatic rings. The predicted octanol–water partition coefficient (Wildman–Crippen LogP) is 3.77. The van der Waals surface area contributed by atoms with Gasteiger partial charge in [-0.3, -0.25) is 4.72 Å². The number of pyridine rings is 1. The van der Waals surface area contributed by atoms with Crippen LogP contribution in [0.3, 0.4) is 0 Å². The first-order valence-corrected chi connectivity index (χ1v) is 9.18. The number of fused-ring (bicyclic) bond motifs is 1. The Morgan fingerprint density at radius 2 is 2.00 bits per heavy atom. The molecule has 1 N–H and O–H groups in total. The molecular weight excluding hydrogens is 348 g/mol. The minimum Gasteiger partial charge on any atom is -0.331 e. The zero-order valence-electron chi connectivity index (χ0n) is 13.7. The highest BCUT2D eigenvalue weighted by molar-refractivity contribution is 7.93. The molecule has 3 aromatic rings. The predicted molar refractivity (Wildman–Crippen MR) is 91.7 cm³/mol. The molecule has 0 saturated heterocycles. The largest absolute Gasteiger partial charge is 0.331 e. The molecule has 0 aliphatic carbocycles. The Hall–Kier alpha value is -2.48. The Morgan fingerprint density at radius 3 is 2.68 bits per heavy atom. The Morgan fingerprint density at radius 1 is 1.24 bits per heavy atom. The highest BCUT2D eigenvalue weighted by Crippen LogP contribution is 2.27. The fourth-order valence-electron chi connectivity index (χ4n) is 2.61. The Bertz CT molecular complexity index is 1030. The molecule has 0 fully saturated rings. The molecule has 0 atom stereocenters. The lowest BCUT2D eigenvalue weighted by atomic mass is 10.2. The minimum absolute atomic E-state index is 0.0000231. The molecule has 0 aliphatic heterocycles. The summed E-state index contributed by atoms with van der Waals surface area (Å²) < 4.78 is 56.2. The van der Waals surface area contributed by atoms with Crippen LogP contribution in [0, 0.1) is 17.6 Å². The van der Waals surface area contributed by atoms with Crippen molar-refractivity contribution in [3.8, 4) is 0 Å². The van der Waals surface area contributed by atoms with Crippen LogP contribution >= 0.6 is 0 Å². The number of hydrogen-bond acceptors (Lipinski definition) is 3. The maximum atomic E-state index is 13.8. The summed E-state index contributed by atoms with van der Waals surface area (Å²) >= 11 is 0. The van der Waals surface area contributed by atoms with Crippen molar-refractivity contribution in [3.05, 3.63) is 54.4 Å². The average molecular weight is 365 g/mol. The smallest absolute Gasteiger partial charge is 0.264 e. The molecule has 2 heterocycles. The van der Waals surface area contributed by atoms with Gasteiger partial charge in [-0.25, -0.2) is 22.2 Å². The second-order valence-electron chi connectivity index (χ2n) is 6.14. The van der Waals surface area contributed by atoms with Gasteiger partial charge >= 0.3 is 0 Å². The summed E-state index contributed by atoms with van der Waals surface area (Å²) in [7, 11) is -4.06. The van der Waals surface area contributed by atoms with Crippen LogP contribution in [-0.2, 0) is 16.6 Å². The number of halogens is 2. The molecular formula is C17H17F2N3O2S. The van der Waals surface area contributed by atoms with Crippen LogP contribution in [0.25, 0.3) is 11.0 Å². The van der Waals surface area contributed by atoms with Crippen molar-refractivity contribution in [3.63, 3.8) is 0 Å². The van der Waals surface area contributed by atoms with E-state index in [2.05, 4.69) is 9.71 Å². The lowest BCUT2D eigenvalue weighted by Crippen LogP contribution is -2.14. The fourth-order valence-corrected chi connectivity index (χ4v) is 3.89. The van der Waals surface area contributed by atoms with E-state index >= 15 is 0 Å². The van der Waals surface area contributed by atoms with Crippen molar-refractivity contribution < 1.29 is 17.2 Å². The molecule has 0 spiro atoms. The fraction of sp³-hybridized carbons (Fsp3) is 0.235. The van der Waals surface area contributed by atoms with Gasteiger partial charge in [-0.05, 0) is 30.2 Å². The van der Waals surface area contributed by atoms with Gasteiger partial charge in [0.05, 0.1) is 5.69 Å². The molecule has 25 heavy (non-hydrogen) atoms. The zero-order valence-corrected chi connectivity index (χ0v) is 14.5. The van der Waals surface area contributed by atoms with E-state index < -0.39 is 21.7 Å². The topological polar surface area (TPSA) is 64.0 Å². The Kier molecular flexibility index (Phi) is 4.47. The SMILES string of the molecule is CC(C)Cn1cc(S(=O)(=O)Nc2ccc(F)cc2F)c2cccnc21. The third-order valence-corrected chi connectivity index (χ3v) is 5.02. The van der Waals surface area contributed by atoms with E-state index in [0.717, 1.165) is 12.1 Å². The summed E-state index contributed by atoms with van der Waals surface area (Å²) in [5.41, 5.74) is 0.228. The van der Waals surface area contributed by atoms with Crippen molar-refractivity contribution in [2.45, 2.75) is 25.3 Å². The number of anilines is 1. The number of aromatic nitrogens is 2. The number of sulfonamides is 1. The van der Waals surface area contributed by atoms with Crippen molar-refractivity contribution in [1.29, 1.82) is 0 Å². The van der Waals surface area contributed by atoms with E-state index in [4.69, 9.17) is 0 Å². The molecule has 1 aromatic carbocycles. The number of hydrogen-bond donors (Lipinski definition) is 1. The third kappa shape index (κ3) is 3.48. The lowest BCUT2D eigenvalue weighted by molar-refractivity contribution is 0.530. The van der Waals surface area contributed by atoms with E-state index in [1.54, 1.807) is 22.9 Å². The van der Waals surface area contributed by atoms with Crippen LogP contribution in [0.5, 0.6) is 0 Å². The van der Waals surface area contributed by atoms with Crippen LogP contribution in [0.2, 0.25) is 0 Å². The van der Waals surface area contributed by atoms with Crippen LogP contribution in [0.15, 0.2) is 47.6 Å². The lowest BCUT2D eigenvalue weighted by Gasteiger charge is -2.08. The maximum Gasteiger partial charge on any atom is 0.264 e. The molecule has 0 radical (unpaired) electrons. The first-order valence-electron chi connectivity index (χ1n) is 7.69. The van der Waals surface area contributed by atoms with Gasteiger partial charge in [-0.2, -0.15) is 0 Å². The van der Waals surface area contributed by atoms with E-state index in [-0.39, 0.29) is 16.5 Å². The number of benzene rings is 1. The summed E-state index contributed by atoms with van der Waals surface area (Å²) in [6, 6.07) is 5.95. The quantitative estimate of drug-likeness (QED) is 0.749. The van der Waals surface area contributed by atoms with Gasteiger partial charge < -0.3 is 4.57 Å². The average Bonchev–Trinajstić information content (AvgIpc) is 2.89. The van der Waals surface area contributed by atoms with Crippen molar-refractivity contribution in [2.24, 2.45) is 5.92 Å². The first kappa shape index (κ1) is 17.3. The number of rotatable bonds is 5.